The molecule has 27 heavy (non-hydrogen) atoms. The monoisotopic (exact) mass is 388 g/mol. The van der Waals surface area contributed by atoms with Gasteiger partial charge >= 0.3 is 0 Å². The van der Waals surface area contributed by atoms with E-state index in [0.29, 0.717) is 37.9 Å². The molecule has 0 unspecified atom stereocenters. The average Bonchev–Trinajstić information content (AvgIpc) is 2.70. The van der Waals surface area contributed by atoms with Crippen LogP contribution in [0.5, 0.6) is 0 Å². The van der Waals surface area contributed by atoms with E-state index in [0.717, 1.165) is 5.56 Å². The molecular formula is C21H22ClFN2O2. The van der Waals surface area contributed by atoms with Crippen molar-refractivity contribution in [3.8, 4) is 0 Å². The zero-order chi connectivity index (χ0) is 19.2. The van der Waals surface area contributed by atoms with E-state index in [1.165, 1.54) is 18.2 Å². The summed E-state index contributed by atoms with van der Waals surface area (Å²) >= 11 is 5.74. The minimum atomic E-state index is -0.517. The zero-order valence-corrected chi connectivity index (χ0v) is 15.6. The Balaban J connectivity index is 1.45. The fourth-order valence-electron chi connectivity index (χ4n) is 3.37. The lowest BCUT2D eigenvalue weighted by Gasteiger charge is -2.27. The highest BCUT2D eigenvalue weighted by atomic mass is 35.5. The third-order valence-electron chi connectivity index (χ3n) is 4.97. The molecule has 4 nitrogen and oxygen atoms in total. The Labute approximate surface area is 163 Å². The van der Waals surface area contributed by atoms with Crippen LogP contribution in [-0.4, -0.2) is 11.8 Å². The number of halogens is 2. The molecule has 0 spiro atoms. The van der Waals surface area contributed by atoms with Crippen molar-refractivity contribution < 1.29 is 14.0 Å². The van der Waals surface area contributed by atoms with Gasteiger partial charge in [0, 0.05) is 24.1 Å². The van der Waals surface area contributed by atoms with Crippen LogP contribution in [0, 0.1) is 17.7 Å². The van der Waals surface area contributed by atoms with E-state index in [-0.39, 0.29) is 28.7 Å². The van der Waals surface area contributed by atoms with Gasteiger partial charge in [-0.25, -0.2) is 4.39 Å². The number of hydrogen-bond donors (Lipinski definition) is 2. The maximum absolute atomic E-state index is 13.2. The van der Waals surface area contributed by atoms with Crippen LogP contribution in [0.15, 0.2) is 48.5 Å². The Hall–Kier alpha value is -2.40. The van der Waals surface area contributed by atoms with Gasteiger partial charge in [-0.05, 0) is 49.4 Å². The fraction of sp³-hybridized carbons (Fsp3) is 0.333. The molecule has 2 aromatic carbocycles. The summed E-state index contributed by atoms with van der Waals surface area (Å²) in [5, 5.41) is 5.73. The topological polar surface area (TPSA) is 58.2 Å². The Kier molecular flexibility index (Phi) is 6.45. The van der Waals surface area contributed by atoms with Crippen molar-refractivity contribution in [3.05, 3.63) is 64.9 Å². The number of hydrogen-bond acceptors (Lipinski definition) is 2. The molecule has 0 heterocycles. The van der Waals surface area contributed by atoms with E-state index in [2.05, 4.69) is 10.6 Å². The lowest BCUT2D eigenvalue weighted by atomic mass is 9.81. The van der Waals surface area contributed by atoms with Gasteiger partial charge < -0.3 is 10.6 Å². The van der Waals surface area contributed by atoms with Crippen LogP contribution in [0.1, 0.15) is 31.2 Å². The standard InChI is InChI=1S/C21H22ClFN2O2/c22-18-12-17(10-11-19(18)23)25-21(27)16-8-6-15(7-9-16)20(26)24-13-14-4-2-1-3-5-14/h1-5,10-12,15-16H,6-9,13H2,(H,24,26)(H,25,27). The summed E-state index contributed by atoms with van der Waals surface area (Å²) in [5.41, 5.74) is 1.55. The molecule has 142 valence electrons. The number of anilines is 1. The van der Waals surface area contributed by atoms with E-state index in [1.807, 2.05) is 30.3 Å². The minimum Gasteiger partial charge on any atom is -0.352 e. The van der Waals surface area contributed by atoms with E-state index in [1.54, 1.807) is 0 Å². The largest absolute Gasteiger partial charge is 0.352 e. The van der Waals surface area contributed by atoms with Crippen LogP contribution in [-0.2, 0) is 16.1 Å². The molecule has 1 aliphatic rings. The molecule has 2 N–H and O–H groups in total. The number of amides is 2. The highest BCUT2D eigenvalue weighted by Crippen LogP contribution is 2.30. The molecular weight excluding hydrogens is 367 g/mol. The van der Waals surface area contributed by atoms with Gasteiger partial charge in [-0.2, -0.15) is 0 Å². The van der Waals surface area contributed by atoms with Crippen LogP contribution < -0.4 is 10.6 Å². The van der Waals surface area contributed by atoms with Gasteiger partial charge in [0.25, 0.3) is 0 Å². The Morgan fingerprint density at radius 1 is 0.963 bits per heavy atom. The molecule has 6 heteroatoms. The highest BCUT2D eigenvalue weighted by Gasteiger charge is 2.29. The molecule has 1 fully saturated rings. The molecule has 0 radical (unpaired) electrons. The molecule has 3 rings (SSSR count). The minimum absolute atomic E-state index is 0.0217. The maximum atomic E-state index is 13.2. The van der Waals surface area contributed by atoms with E-state index < -0.39 is 5.82 Å². The van der Waals surface area contributed by atoms with E-state index in [9.17, 15) is 14.0 Å². The third-order valence-corrected chi connectivity index (χ3v) is 5.26. The molecule has 2 aromatic rings. The number of nitrogens with one attached hydrogen (secondary N) is 2. The fourth-order valence-corrected chi connectivity index (χ4v) is 3.55. The van der Waals surface area contributed by atoms with Crippen molar-refractivity contribution >= 4 is 29.1 Å². The van der Waals surface area contributed by atoms with Gasteiger partial charge in [0.15, 0.2) is 0 Å². The quantitative estimate of drug-likeness (QED) is 0.790. The first-order chi connectivity index (χ1) is 13.0. The molecule has 2 amide bonds. The van der Waals surface area contributed by atoms with Crippen LogP contribution in [0.2, 0.25) is 5.02 Å². The molecule has 0 aromatic heterocycles. The lowest BCUT2D eigenvalue weighted by Crippen LogP contribution is -2.35. The summed E-state index contributed by atoms with van der Waals surface area (Å²) < 4.78 is 13.2. The van der Waals surface area contributed by atoms with Gasteiger partial charge in [0.2, 0.25) is 11.8 Å². The second-order valence-corrected chi connectivity index (χ2v) is 7.28. The second kappa shape index (κ2) is 9.00. The summed E-state index contributed by atoms with van der Waals surface area (Å²) in [7, 11) is 0. The molecule has 0 saturated heterocycles. The predicted molar refractivity (Wildman–Crippen MR) is 104 cm³/mol. The van der Waals surface area contributed by atoms with Crippen molar-refractivity contribution in [1.29, 1.82) is 0 Å². The lowest BCUT2D eigenvalue weighted by molar-refractivity contribution is -0.128. The smallest absolute Gasteiger partial charge is 0.227 e. The normalized spacial score (nSPS) is 19.3. The van der Waals surface area contributed by atoms with Crippen molar-refractivity contribution in [2.45, 2.75) is 32.2 Å². The number of carbonyl (C=O) groups excluding carboxylic acids is 2. The third kappa shape index (κ3) is 5.30. The van der Waals surface area contributed by atoms with Crippen molar-refractivity contribution in [2.24, 2.45) is 11.8 Å². The second-order valence-electron chi connectivity index (χ2n) is 6.87. The van der Waals surface area contributed by atoms with Gasteiger partial charge in [-0.15, -0.1) is 0 Å². The summed E-state index contributed by atoms with van der Waals surface area (Å²) in [4.78, 5) is 24.7. The molecule has 0 atom stereocenters. The number of carbonyl (C=O) groups is 2. The predicted octanol–water partition coefficient (Wildman–Crippen LogP) is 4.54. The molecule has 1 aliphatic carbocycles. The Morgan fingerprint density at radius 3 is 2.22 bits per heavy atom. The SMILES string of the molecule is O=C(NCc1ccccc1)C1CCC(C(=O)Nc2ccc(F)c(Cl)c2)CC1. The van der Waals surface area contributed by atoms with Crippen LogP contribution in [0.4, 0.5) is 10.1 Å². The first kappa shape index (κ1) is 19.4. The van der Waals surface area contributed by atoms with E-state index in [4.69, 9.17) is 11.6 Å². The summed E-state index contributed by atoms with van der Waals surface area (Å²) in [6, 6.07) is 13.9. The van der Waals surface area contributed by atoms with Gasteiger partial charge in [-0.3, -0.25) is 9.59 Å². The first-order valence-corrected chi connectivity index (χ1v) is 9.48. The highest BCUT2D eigenvalue weighted by molar-refractivity contribution is 6.31. The van der Waals surface area contributed by atoms with Crippen molar-refractivity contribution in [2.75, 3.05) is 5.32 Å². The van der Waals surface area contributed by atoms with Gasteiger partial charge in [0.05, 0.1) is 5.02 Å². The van der Waals surface area contributed by atoms with Crippen LogP contribution in [0.3, 0.4) is 0 Å². The van der Waals surface area contributed by atoms with Crippen LogP contribution >= 0.6 is 11.6 Å². The average molecular weight is 389 g/mol. The zero-order valence-electron chi connectivity index (χ0n) is 14.9. The molecule has 1 saturated carbocycles. The molecule has 0 aliphatic heterocycles. The van der Waals surface area contributed by atoms with Crippen molar-refractivity contribution in [3.63, 3.8) is 0 Å². The first-order valence-electron chi connectivity index (χ1n) is 9.10. The summed E-state index contributed by atoms with van der Waals surface area (Å²) in [6.07, 6.45) is 2.68. The van der Waals surface area contributed by atoms with E-state index >= 15 is 0 Å². The number of benzene rings is 2. The summed E-state index contributed by atoms with van der Waals surface area (Å²) in [5.74, 6) is -0.787. The number of rotatable bonds is 5. The Bertz CT molecular complexity index is 805. The van der Waals surface area contributed by atoms with Crippen molar-refractivity contribution in [1.82, 2.24) is 5.32 Å². The summed E-state index contributed by atoms with van der Waals surface area (Å²) in [6.45, 7) is 0.519. The molecule has 0 bridgehead atoms. The maximum Gasteiger partial charge on any atom is 0.227 e. The van der Waals surface area contributed by atoms with Gasteiger partial charge in [0.1, 0.15) is 5.82 Å². The van der Waals surface area contributed by atoms with Gasteiger partial charge in [-0.1, -0.05) is 41.9 Å². The van der Waals surface area contributed by atoms with Crippen LogP contribution in [0.25, 0.3) is 0 Å². The Morgan fingerprint density at radius 2 is 1.59 bits per heavy atom.